The molecule has 2 aliphatic rings. The van der Waals surface area contributed by atoms with Crippen molar-refractivity contribution >= 4 is 11.6 Å². The van der Waals surface area contributed by atoms with E-state index in [1.807, 2.05) is 42.5 Å². The SMILES string of the molecule is OC[C@]1(CCOc2ccccc2)CCCN(Cc2cc3c(cc2Cl)OCO3)C1. The van der Waals surface area contributed by atoms with Gasteiger partial charge < -0.3 is 19.3 Å². The number of aliphatic hydroxyl groups excluding tert-OH is 1. The van der Waals surface area contributed by atoms with E-state index in [4.69, 9.17) is 25.8 Å². The molecule has 1 saturated heterocycles. The van der Waals surface area contributed by atoms with E-state index < -0.39 is 0 Å². The lowest BCUT2D eigenvalue weighted by Gasteiger charge is -2.42. The highest BCUT2D eigenvalue weighted by Gasteiger charge is 2.35. The number of halogens is 1. The second-order valence-corrected chi connectivity index (χ2v) is 8.09. The molecule has 0 aliphatic carbocycles. The third kappa shape index (κ3) is 4.37. The molecular formula is C22H26ClNO4. The van der Waals surface area contributed by atoms with Crippen molar-refractivity contribution < 1.29 is 19.3 Å². The van der Waals surface area contributed by atoms with Crippen LogP contribution in [0.4, 0.5) is 0 Å². The standard InChI is InChI=1S/C22H26ClNO4/c23-19-12-21-20(27-16-28-21)11-17(19)13-24-9-4-7-22(14-24,15-25)8-10-26-18-5-2-1-3-6-18/h1-3,5-6,11-12,25H,4,7-10,13-16H2/t22-/m0/s1. The molecule has 0 aromatic heterocycles. The summed E-state index contributed by atoms with van der Waals surface area (Å²) >= 11 is 6.45. The maximum Gasteiger partial charge on any atom is 0.231 e. The van der Waals surface area contributed by atoms with E-state index >= 15 is 0 Å². The first-order chi connectivity index (χ1) is 13.7. The summed E-state index contributed by atoms with van der Waals surface area (Å²) < 4.78 is 16.8. The van der Waals surface area contributed by atoms with Gasteiger partial charge in [0.15, 0.2) is 11.5 Å². The van der Waals surface area contributed by atoms with Crippen molar-refractivity contribution in [3.63, 3.8) is 0 Å². The molecule has 1 atom stereocenters. The Labute approximate surface area is 170 Å². The summed E-state index contributed by atoms with van der Waals surface area (Å²) in [4.78, 5) is 2.37. The van der Waals surface area contributed by atoms with Gasteiger partial charge in [0.2, 0.25) is 6.79 Å². The first-order valence-corrected chi connectivity index (χ1v) is 10.1. The molecule has 5 nitrogen and oxygen atoms in total. The Hall–Kier alpha value is -1.95. The summed E-state index contributed by atoms with van der Waals surface area (Å²) in [5, 5.41) is 10.9. The molecule has 1 fully saturated rings. The number of hydrogen-bond acceptors (Lipinski definition) is 5. The molecule has 2 aliphatic heterocycles. The summed E-state index contributed by atoms with van der Waals surface area (Å²) in [5.74, 6) is 2.33. The van der Waals surface area contributed by atoms with Gasteiger partial charge in [0.25, 0.3) is 0 Å². The van der Waals surface area contributed by atoms with Gasteiger partial charge in [-0.15, -0.1) is 0 Å². The number of piperidine rings is 1. The van der Waals surface area contributed by atoms with Gasteiger partial charge >= 0.3 is 0 Å². The van der Waals surface area contributed by atoms with Crippen LogP contribution in [0.5, 0.6) is 17.2 Å². The van der Waals surface area contributed by atoms with E-state index in [0.717, 1.165) is 56.0 Å². The maximum absolute atomic E-state index is 10.2. The Morgan fingerprint density at radius 3 is 2.71 bits per heavy atom. The lowest BCUT2D eigenvalue weighted by atomic mass is 9.78. The number of ether oxygens (including phenoxy) is 3. The quantitative estimate of drug-likeness (QED) is 0.753. The molecule has 6 heteroatoms. The van der Waals surface area contributed by atoms with E-state index in [9.17, 15) is 5.11 Å². The summed E-state index contributed by atoms with van der Waals surface area (Å²) in [6.45, 7) is 3.56. The van der Waals surface area contributed by atoms with Crippen molar-refractivity contribution in [1.29, 1.82) is 0 Å². The van der Waals surface area contributed by atoms with Crippen molar-refractivity contribution in [2.24, 2.45) is 5.41 Å². The number of likely N-dealkylation sites (tertiary alicyclic amines) is 1. The zero-order valence-corrected chi connectivity index (χ0v) is 16.7. The minimum Gasteiger partial charge on any atom is -0.494 e. The Kier molecular flexibility index (Phi) is 5.95. The van der Waals surface area contributed by atoms with Crippen LogP contribution in [0, 0.1) is 5.41 Å². The van der Waals surface area contributed by atoms with E-state index in [2.05, 4.69) is 4.90 Å². The Bertz CT molecular complexity index is 801. The van der Waals surface area contributed by atoms with Crippen LogP contribution in [-0.2, 0) is 6.54 Å². The molecule has 28 heavy (non-hydrogen) atoms. The number of benzene rings is 2. The lowest BCUT2D eigenvalue weighted by Crippen LogP contribution is -2.45. The van der Waals surface area contributed by atoms with Crippen molar-refractivity contribution in [2.75, 3.05) is 33.1 Å². The zero-order valence-electron chi connectivity index (χ0n) is 15.9. The number of nitrogens with zero attached hydrogens (tertiary/aromatic N) is 1. The summed E-state index contributed by atoms with van der Waals surface area (Å²) in [5.41, 5.74) is 0.885. The van der Waals surface area contributed by atoms with E-state index in [1.54, 1.807) is 0 Å². The topological polar surface area (TPSA) is 51.2 Å². The fourth-order valence-electron chi connectivity index (χ4n) is 4.08. The second kappa shape index (κ2) is 8.60. The molecule has 4 rings (SSSR count). The fraction of sp³-hybridized carbons (Fsp3) is 0.455. The molecule has 0 saturated carbocycles. The van der Waals surface area contributed by atoms with Gasteiger partial charge in [-0.3, -0.25) is 4.90 Å². The fourth-order valence-corrected chi connectivity index (χ4v) is 4.29. The minimum atomic E-state index is -0.143. The third-order valence-corrected chi connectivity index (χ3v) is 6.01. The van der Waals surface area contributed by atoms with E-state index in [0.29, 0.717) is 17.4 Å². The summed E-state index contributed by atoms with van der Waals surface area (Å²) in [6, 6.07) is 13.6. The number of hydrogen-bond donors (Lipinski definition) is 1. The van der Waals surface area contributed by atoms with Crippen LogP contribution in [-0.4, -0.2) is 43.1 Å². The smallest absolute Gasteiger partial charge is 0.231 e. The van der Waals surface area contributed by atoms with Crippen molar-refractivity contribution in [1.82, 2.24) is 4.90 Å². The molecular weight excluding hydrogens is 378 g/mol. The van der Waals surface area contributed by atoms with Gasteiger partial charge in [0.05, 0.1) is 13.2 Å². The highest BCUT2D eigenvalue weighted by Crippen LogP contribution is 2.39. The van der Waals surface area contributed by atoms with Crippen LogP contribution in [0.3, 0.4) is 0 Å². The maximum atomic E-state index is 10.2. The predicted octanol–water partition coefficient (Wildman–Crippen LogP) is 4.11. The molecule has 1 N–H and O–H groups in total. The van der Waals surface area contributed by atoms with E-state index in [-0.39, 0.29) is 18.8 Å². The molecule has 0 spiro atoms. The average Bonchev–Trinajstić information content (AvgIpc) is 3.16. The first kappa shape index (κ1) is 19.4. The number of aliphatic hydroxyl groups is 1. The van der Waals surface area contributed by atoms with Crippen LogP contribution < -0.4 is 14.2 Å². The molecule has 150 valence electrons. The molecule has 0 bridgehead atoms. The van der Waals surface area contributed by atoms with Crippen LogP contribution in [0.15, 0.2) is 42.5 Å². The van der Waals surface area contributed by atoms with Crippen LogP contribution in [0.1, 0.15) is 24.8 Å². The Morgan fingerprint density at radius 1 is 1.14 bits per heavy atom. The third-order valence-electron chi connectivity index (χ3n) is 5.66. The minimum absolute atomic E-state index is 0.143. The molecule has 0 amide bonds. The van der Waals surface area contributed by atoms with Crippen LogP contribution in [0.25, 0.3) is 0 Å². The molecule has 2 heterocycles. The van der Waals surface area contributed by atoms with Gasteiger partial charge in [-0.05, 0) is 49.6 Å². The average molecular weight is 404 g/mol. The van der Waals surface area contributed by atoms with Gasteiger partial charge in [0, 0.05) is 29.6 Å². The molecule has 2 aromatic rings. The van der Waals surface area contributed by atoms with Crippen molar-refractivity contribution in [3.8, 4) is 17.2 Å². The van der Waals surface area contributed by atoms with Crippen LogP contribution in [0.2, 0.25) is 5.02 Å². The lowest BCUT2D eigenvalue weighted by molar-refractivity contribution is 0.0128. The molecule has 2 aromatic carbocycles. The van der Waals surface area contributed by atoms with Crippen molar-refractivity contribution in [2.45, 2.75) is 25.8 Å². The number of rotatable bonds is 7. The summed E-state index contributed by atoms with van der Waals surface area (Å²) in [7, 11) is 0. The predicted molar refractivity (Wildman–Crippen MR) is 108 cm³/mol. The van der Waals surface area contributed by atoms with Gasteiger partial charge in [-0.2, -0.15) is 0 Å². The monoisotopic (exact) mass is 403 g/mol. The Balaban J connectivity index is 1.38. The largest absolute Gasteiger partial charge is 0.494 e. The Morgan fingerprint density at radius 2 is 1.93 bits per heavy atom. The first-order valence-electron chi connectivity index (χ1n) is 9.77. The second-order valence-electron chi connectivity index (χ2n) is 7.68. The normalized spacial score (nSPS) is 21.6. The molecule has 0 unspecified atom stereocenters. The number of fused-ring (bicyclic) bond motifs is 1. The van der Waals surface area contributed by atoms with Crippen LogP contribution >= 0.6 is 11.6 Å². The van der Waals surface area contributed by atoms with Gasteiger partial charge in [-0.1, -0.05) is 29.8 Å². The van der Waals surface area contributed by atoms with Gasteiger partial charge in [-0.25, -0.2) is 0 Å². The zero-order chi connectivity index (χ0) is 19.4. The summed E-state index contributed by atoms with van der Waals surface area (Å²) in [6.07, 6.45) is 2.88. The number of para-hydroxylation sites is 1. The highest BCUT2D eigenvalue weighted by molar-refractivity contribution is 6.31. The van der Waals surface area contributed by atoms with Gasteiger partial charge in [0.1, 0.15) is 5.75 Å². The highest BCUT2D eigenvalue weighted by atomic mass is 35.5. The van der Waals surface area contributed by atoms with Crippen molar-refractivity contribution in [3.05, 3.63) is 53.1 Å². The van der Waals surface area contributed by atoms with E-state index in [1.165, 1.54) is 0 Å². The molecule has 0 radical (unpaired) electrons.